The van der Waals surface area contributed by atoms with Gasteiger partial charge in [-0.15, -0.1) is 11.3 Å². The van der Waals surface area contributed by atoms with E-state index in [9.17, 15) is 4.79 Å². The van der Waals surface area contributed by atoms with Crippen LogP contribution in [0.4, 0.5) is 0 Å². The minimum Gasteiger partial charge on any atom is -0.486 e. The predicted molar refractivity (Wildman–Crippen MR) is 105 cm³/mol. The topological polar surface area (TPSA) is 77.8 Å². The third-order valence-corrected chi connectivity index (χ3v) is 6.26. The molecule has 8 heteroatoms. The van der Waals surface area contributed by atoms with Crippen LogP contribution in [0.5, 0.6) is 11.5 Å². The fraction of sp³-hybridized carbons (Fsp3) is 0.450. The second-order valence-electron chi connectivity index (χ2n) is 7.33. The number of hydrogen-bond acceptors (Lipinski definition) is 6. The summed E-state index contributed by atoms with van der Waals surface area (Å²) >= 11 is 1.57. The number of amides is 1. The Hall–Kier alpha value is -2.61. The standard InChI is InChI=1S/C20H22N4O3S/c25-19(21-6-5-15-11-28-20-22-12-23-24(15)20)10-16(13-1-2-13)14-3-4-17-18(9-14)27-8-7-26-17/h3-4,9,11-13,16H,1-2,5-8,10H2,(H,21,25). The molecule has 1 saturated carbocycles. The minimum atomic E-state index is 0.0943. The Bertz CT molecular complexity index is 994. The highest BCUT2D eigenvalue weighted by atomic mass is 32.1. The quantitative estimate of drug-likeness (QED) is 0.662. The van der Waals surface area contributed by atoms with Crippen LogP contribution in [0.2, 0.25) is 0 Å². The van der Waals surface area contributed by atoms with Gasteiger partial charge in [0.15, 0.2) is 11.5 Å². The highest BCUT2D eigenvalue weighted by Crippen LogP contribution is 2.46. The van der Waals surface area contributed by atoms with Crippen molar-refractivity contribution >= 4 is 22.2 Å². The van der Waals surface area contributed by atoms with E-state index >= 15 is 0 Å². The summed E-state index contributed by atoms with van der Waals surface area (Å²) in [5, 5.41) is 9.33. The Morgan fingerprint density at radius 3 is 3.00 bits per heavy atom. The molecule has 1 aliphatic carbocycles. The van der Waals surface area contributed by atoms with Crippen LogP contribution in [0.3, 0.4) is 0 Å². The molecule has 1 amide bonds. The van der Waals surface area contributed by atoms with Crippen molar-refractivity contribution < 1.29 is 14.3 Å². The van der Waals surface area contributed by atoms with Gasteiger partial charge in [-0.2, -0.15) is 5.10 Å². The molecule has 2 aliphatic rings. The molecule has 0 saturated heterocycles. The second kappa shape index (κ2) is 7.43. The number of benzene rings is 1. The normalized spacial score (nSPS) is 16.9. The second-order valence-corrected chi connectivity index (χ2v) is 8.17. The highest BCUT2D eigenvalue weighted by molar-refractivity contribution is 7.15. The Balaban J connectivity index is 1.20. The first kappa shape index (κ1) is 17.5. The molecular formula is C20H22N4O3S. The summed E-state index contributed by atoms with van der Waals surface area (Å²) in [6.07, 6.45) is 5.18. The van der Waals surface area contributed by atoms with Gasteiger partial charge in [-0.25, -0.2) is 9.50 Å². The number of hydrogen-bond donors (Lipinski definition) is 1. The lowest BCUT2D eigenvalue weighted by Gasteiger charge is -2.22. The molecule has 28 heavy (non-hydrogen) atoms. The average molecular weight is 398 g/mol. The van der Waals surface area contributed by atoms with Gasteiger partial charge in [0.25, 0.3) is 0 Å². The molecule has 0 radical (unpaired) electrons. The number of thiazole rings is 1. The number of carbonyl (C=O) groups is 1. The van der Waals surface area contributed by atoms with Crippen LogP contribution in [0.25, 0.3) is 4.96 Å². The van der Waals surface area contributed by atoms with Crippen molar-refractivity contribution in [2.24, 2.45) is 5.92 Å². The molecule has 2 aromatic heterocycles. The van der Waals surface area contributed by atoms with Crippen molar-refractivity contribution in [2.45, 2.75) is 31.6 Å². The van der Waals surface area contributed by atoms with E-state index in [0.29, 0.717) is 32.1 Å². The van der Waals surface area contributed by atoms with Gasteiger partial charge < -0.3 is 14.8 Å². The molecule has 1 fully saturated rings. The first-order valence-corrected chi connectivity index (χ1v) is 10.6. The van der Waals surface area contributed by atoms with Crippen LogP contribution in [0.15, 0.2) is 29.9 Å². The number of rotatable bonds is 7. The Morgan fingerprint density at radius 2 is 2.14 bits per heavy atom. The van der Waals surface area contributed by atoms with Crippen LogP contribution >= 0.6 is 11.3 Å². The molecule has 146 valence electrons. The number of carbonyl (C=O) groups excluding carboxylic acids is 1. The molecule has 1 aliphatic heterocycles. The van der Waals surface area contributed by atoms with Crippen molar-refractivity contribution in [3.05, 3.63) is 41.2 Å². The van der Waals surface area contributed by atoms with Gasteiger partial charge in [-0.3, -0.25) is 4.79 Å². The number of aromatic nitrogens is 3. The summed E-state index contributed by atoms with van der Waals surface area (Å²) in [5.74, 6) is 2.50. The monoisotopic (exact) mass is 398 g/mol. The van der Waals surface area contributed by atoms with Gasteiger partial charge in [0.05, 0.1) is 5.69 Å². The summed E-state index contributed by atoms with van der Waals surface area (Å²) in [6.45, 7) is 1.77. The van der Waals surface area contributed by atoms with E-state index in [1.807, 2.05) is 16.0 Å². The van der Waals surface area contributed by atoms with Crippen molar-refractivity contribution in [1.82, 2.24) is 19.9 Å². The van der Waals surface area contributed by atoms with Crippen molar-refractivity contribution in [3.8, 4) is 11.5 Å². The molecule has 1 unspecified atom stereocenters. The van der Waals surface area contributed by atoms with E-state index in [-0.39, 0.29) is 11.8 Å². The lowest BCUT2D eigenvalue weighted by atomic mass is 9.90. The third kappa shape index (κ3) is 3.56. The first-order valence-electron chi connectivity index (χ1n) is 9.70. The van der Waals surface area contributed by atoms with Crippen LogP contribution in [-0.2, 0) is 11.2 Å². The Labute approximate surface area is 166 Å². The highest BCUT2D eigenvalue weighted by Gasteiger charge is 2.34. The maximum absolute atomic E-state index is 12.6. The Morgan fingerprint density at radius 1 is 1.29 bits per heavy atom. The lowest BCUT2D eigenvalue weighted by Crippen LogP contribution is -2.28. The minimum absolute atomic E-state index is 0.0943. The van der Waals surface area contributed by atoms with Crippen LogP contribution in [0, 0.1) is 5.92 Å². The number of nitrogens with one attached hydrogen (secondary N) is 1. The van der Waals surface area contributed by atoms with Crippen LogP contribution in [0.1, 0.15) is 36.4 Å². The maximum Gasteiger partial charge on any atom is 0.220 e. The van der Waals surface area contributed by atoms with E-state index in [2.05, 4.69) is 27.5 Å². The van der Waals surface area contributed by atoms with Gasteiger partial charge in [0.2, 0.25) is 10.9 Å². The molecule has 1 N–H and O–H groups in total. The summed E-state index contributed by atoms with van der Waals surface area (Å²) < 4.78 is 13.2. The van der Waals surface area contributed by atoms with E-state index in [1.54, 1.807) is 17.7 Å². The molecule has 0 spiro atoms. The third-order valence-electron chi connectivity index (χ3n) is 5.38. The zero-order chi connectivity index (χ0) is 18.9. The molecular weight excluding hydrogens is 376 g/mol. The van der Waals surface area contributed by atoms with Gasteiger partial charge in [-0.1, -0.05) is 6.07 Å². The van der Waals surface area contributed by atoms with Gasteiger partial charge in [0.1, 0.15) is 19.5 Å². The number of ether oxygens (including phenoxy) is 2. The molecule has 5 rings (SSSR count). The molecule has 1 atom stereocenters. The number of fused-ring (bicyclic) bond motifs is 2. The molecule has 1 aromatic carbocycles. The summed E-state index contributed by atoms with van der Waals surface area (Å²) in [4.78, 5) is 17.6. The SMILES string of the molecule is O=C(CC(c1ccc2c(c1)OCCO2)C1CC1)NCCc1csc2ncnn12. The molecule has 3 heterocycles. The van der Waals surface area contributed by atoms with Gasteiger partial charge in [-0.05, 0) is 42.4 Å². The van der Waals surface area contributed by atoms with Crippen LogP contribution < -0.4 is 14.8 Å². The average Bonchev–Trinajstić information content (AvgIpc) is 3.32. The van der Waals surface area contributed by atoms with Crippen molar-refractivity contribution in [3.63, 3.8) is 0 Å². The fourth-order valence-corrected chi connectivity index (χ4v) is 4.62. The van der Waals surface area contributed by atoms with E-state index in [1.165, 1.54) is 18.4 Å². The lowest BCUT2D eigenvalue weighted by molar-refractivity contribution is -0.121. The zero-order valence-corrected chi connectivity index (χ0v) is 16.3. The Kier molecular flexibility index (Phi) is 4.64. The maximum atomic E-state index is 12.6. The van der Waals surface area contributed by atoms with Crippen molar-refractivity contribution in [2.75, 3.05) is 19.8 Å². The summed E-state index contributed by atoms with van der Waals surface area (Å²) in [5.41, 5.74) is 2.24. The molecule has 0 bridgehead atoms. The van der Waals surface area contributed by atoms with Gasteiger partial charge >= 0.3 is 0 Å². The first-order chi connectivity index (χ1) is 13.8. The smallest absolute Gasteiger partial charge is 0.220 e. The van der Waals surface area contributed by atoms with Crippen LogP contribution in [-0.4, -0.2) is 40.3 Å². The van der Waals surface area contributed by atoms with E-state index in [4.69, 9.17) is 9.47 Å². The van der Waals surface area contributed by atoms with Crippen molar-refractivity contribution in [1.29, 1.82) is 0 Å². The predicted octanol–water partition coefficient (Wildman–Crippen LogP) is 2.80. The van der Waals surface area contributed by atoms with Gasteiger partial charge in [0, 0.05) is 24.8 Å². The van der Waals surface area contributed by atoms with E-state index in [0.717, 1.165) is 28.6 Å². The summed E-state index contributed by atoms with van der Waals surface area (Å²) in [6, 6.07) is 6.10. The zero-order valence-electron chi connectivity index (χ0n) is 15.5. The van der Waals surface area contributed by atoms with E-state index < -0.39 is 0 Å². The number of nitrogens with zero attached hydrogens (tertiary/aromatic N) is 3. The largest absolute Gasteiger partial charge is 0.486 e. The summed E-state index contributed by atoms with van der Waals surface area (Å²) in [7, 11) is 0. The molecule has 3 aromatic rings. The fourth-order valence-electron chi connectivity index (χ4n) is 3.79. The molecule has 7 nitrogen and oxygen atoms in total.